The second-order valence-corrected chi connectivity index (χ2v) is 15.6. The smallest absolute Gasteiger partial charge is 0.418 e. The zero-order valence-electron chi connectivity index (χ0n) is 33.1. The number of aromatic nitrogens is 1. The largest absolute Gasteiger partial charge is 0.496 e. The Hall–Kier alpha value is -5.30. The minimum atomic E-state index is -4.58. The highest BCUT2D eigenvalue weighted by molar-refractivity contribution is 6.01. The molecule has 3 aromatic carbocycles. The number of halogens is 3. The molecule has 1 atom stereocenters. The first kappa shape index (κ1) is 39.9. The topological polar surface area (TPSA) is 105 Å². The van der Waals surface area contributed by atoms with Gasteiger partial charge in [-0.2, -0.15) is 13.2 Å². The van der Waals surface area contributed by atoms with E-state index < -0.39 is 23.7 Å². The molecule has 7 rings (SSSR count). The van der Waals surface area contributed by atoms with Gasteiger partial charge in [0.2, 0.25) is 11.8 Å². The number of pyridine rings is 1. The molecule has 2 saturated heterocycles. The van der Waals surface area contributed by atoms with Crippen molar-refractivity contribution in [3.05, 3.63) is 104 Å². The number of hydrogen-bond acceptors (Lipinski definition) is 8. The van der Waals surface area contributed by atoms with Crippen LogP contribution in [0.4, 0.5) is 24.5 Å². The number of amides is 2. The number of piperidine rings is 2. The van der Waals surface area contributed by atoms with Crippen molar-refractivity contribution in [1.29, 1.82) is 0 Å². The summed E-state index contributed by atoms with van der Waals surface area (Å²) in [5, 5.41) is 5.12. The summed E-state index contributed by atoms with van der Waals surface area (Å²) < 4.78 is 56.6. The number of carbonyl (C=O) groups is 2. The zero-order valence-corrected chi connectivity index (χ0v) is 33.1. The van der Waals surface area contributed by atoms with Gasteiger partial charge >= 0.3 is 6.18 Å². The highest BCUT2D eigenvalue weighted by Gasteiger charge is 2.37. The van der Waals surface area contributed by atoms with E-state index in [1.807, 2.05) is 37.1 Å². The van der Waals surface area contributed by atoms with Crippen LogP contribution in [0.1, 0.15) is 64.6 Å². The molecule has 2 N–H and O–H groups in total. The van der Waals surface area contributed by atoms with Crippen LogP contribution >= 0.6 is 0 Å². The molecule has 1 unspecified atom stereocenters. The standard InChI is InChI=1S/C44H50F3N5O5/c1-26-27(2)43(55)50(3)24-34(26)31-20-39(56-4)35(40(21-31)57-5)25-51-16-15-33-29(7-6-8-30(33)23-51)19-28-13-17-52(18-14-28)38-11-9-32(22-36(38)44(45,46)47)48-37-10-12-41(53)49-42(37)54/h6-9,11,20-22,24,28,37,48H,10,12-19,23,25H2,1-5H3,(H,49,53,54). The Balaban J connectivity index is 1.01. The predicted molar refractivity (Wildman–Crippen MR) is 214 cm³/mol. The minimum absolute atomic E-state index is 0.0176. The van der Waals surface area contributed by atoms with Gasteiger partial charge in [-0.1, -0.05) is 18.2 Å². The van der Waals surface area contributed by atoms with E-state index >= 15 is 0 Å². The fraction of sp³-hybridized carbons (Fsp3) is 0.432. The zero-order chi connectivity index (χ0) is 40.6. The maximum absolute atomic E-state index is 14.4. The number of fused-ring (bicyclic) bond motifs is 1. The monoisotopic (exact) mass is 785 g/mol. The Labute approximate surface area is 331 Å². The van der Waals surface area contributed by atoms with E-state index in [4.69, 9.17) is 9.47 Å². The molecule has 0 saturated carbocycles. The predicted octanol–water partition coefficient (Wildman–Crippen LogP) is 6.94. The van der Waals surface area contributed by atoms with E-state index in [1.165, 1.54) is 22.8 Å². The summed E-state index contributed by atoms with van der Waals surface area (Å²) in [6, 6.07) is 13.9. The Morgan fingerprint density at radius 1 is 0.895 bits per heavy atom. The third kappa shape index (κ3) is 8.39. The molecule has 0 bridgehead atoms. The van der Waals surface area contributed by atoms with Gasteiger partial charge in [0.15, 0.2) is 0 Å². The Kier molecular flexibility index (Phi) is 11.4. The average Bonchev–Trinajstić information content (AvgIpc) is 3.19. The molecule has 4 heterocycles. The molecule has 10 nitrogen and oxygen atoms in total. The van der Waals surface area contributed by atoms with Gasteiger partial charge in [0, 0.05) is 74.9 Å². The quantitative estimate of drug-likeness (QED) is 0.167. The molecule has 1 aromatic heterocycles. The Morgan fingerprint density at radius 2 is 1.61 bits per heavy atom. The summed E-state index contributed by atoms with van der Waals surface area (Å²) in [6.45, 7) is 7.09. The molecule has 302 valence electrons. The number of carbonyl (C=O) groups excluding carboxylic acids is 2. The maximum atomic E-state index is 14.4. The fourth-order valence-corrected chi connectivity index (χ4v) is 8.71. The lowest BCUT2D eigenvalue weighted by atomic mass is 9.85. The first-order chi connectivity index (χ1) is 27.2. The van der Waals surface area contributed by atoms with Crippen LogP contribution in [-0.2, 0) is 48.7 Å². The molecule has 57 heavy (non-hydrogen) atoms. The molecule has 2 amide bonds. The average molecular weight is 786 g/mol. The third-order valence-electron chi connectivity index (χ3n) is 12.0. The minimum Gasteiger partial charge on any atom is -0.496 e. The molecular weight excluding hydrogens is 736 g/mol. The van der Waals surface area contributed by atoms with E-state index in [9.17, 15) is 27.6 Å². The highest BCUT2D eigenvalue weighted by atomic mass is 19.4. The van der Waals surface area contributed by atoms with Crippen LogP contribution in [0.2, 0.25) is 0 Å². The fourth-order valence-electron chi connectivity index (χ4n) is 8.71. The van der Waals surface area contributed by atoms with Gasteiger partial charge < -0.3 is 24.3 Å². The second-order valence-electron chi connectivity index (χ2n) is 15.6. The van der Waals surface area contributed by atoms with Gasteiger partial charge in [0.1, 0.15) is 17.5 Å². The lowest BCUT2D eigenvalue weighted by Gasteiger charge is -2.36. The van der Waals surface area contributed by atoms with Crippen molar-refractivity contribution in [2.75, 3.05) is 44.1 Å². The summed E-state index contributed by atoms with van der Waals surface area (Å²) in [7, 11) is 5.09. The SMILES string of the molecule is COc1cc(-c2cn(C)c(=O)c(C)c2C)cc(OC)c1CN1CCc2c(CC3CCN(c4ccc(NC5CCC(=O)NC5=O)cc4C(F)(F)F)CC3)cccc2C1. The van der Waals surface area contributed by atoms with E-state index in [-0.39, 0.29) is 35.7 Å². The van der Waals surface area contributed by atoms with Gasteiger partial charge in [-0.05, 0) is 110 Å². The Morgan fingerprint density at radius 3 is 2.28 bits per heavy atom. The molecular formula is C44H50F3N5O5. The van der Waals surface area contributed by atoms with Gasteiger partial charge in [0.25, 0.3) is 5.56 Å². The van der Waals surface area contributed by atoms with Crippen molar-refractivity contribution in [2.45, 2.75) is 77.7 Å². The number of hydrogen-bond donors (Lipinski definition) is 2. The normalized spacial score (nSPS) is 18.0. The van der Waals surface area contributed by atoms with Crippen LogP contribution in [0.25, 0.3) is 11.1 Å². The van der Waals surface area contributed by atoms with Crippen molar-refractivity contribution in [3.8, 4) is 22.6 Å². The first-order valence-corrected chi connectivity index (χ1v) is 19.5. The first-order valence-electron chi connectivity index (χ1n) is 19.5. The molecule has 0 aliphatic carbocycles. The van der Waals surface area contributed by atoms with Crippen molar-refractivity contribution in [3.63, 3.8) is 0 Å². The van der Waals surface area contributed by atoms with Gasteiger partial charge in [-0.25, -0.2) is 0 Å². The molecule has 3 aliphatic heterocycles. The lowest BCUT2D eigenvalue weighted by Crippen LogP contribution is -2.47. The van der Waals surface area contributed by atoms with E-state index in [1.54, 1.807) is 31.9 Å². The summed E-state index contributed by atoms with van der Waals surface area (Å²) in [6.07, 6.45) is 0.959. The number of anilines is 2. The molecule has 4 aromatic rings. The van der Waals surface area contributed by atoms with Crippen LogP contribution < -0.4 is 30.6 Å². The highest BCUT2D eigenvalue weighted by Crippen LogP contribution is 2.41. The molecule has 0 radical (unpaired) electrons. The van der Waals surface area contributed by atoms with Crippen molar-refractivity contribution in [2.24, 2.45) is 13.0 Å². The van der Waals surface area contributed by atoms with Gasteiger partial charge in [-0.15, -0.1) is 0 Å². The molecule has 2 fully saturated rings. The van der Waals surface area contributed by atoms with E-state index in [2.05, 4.69) is 33.7 Å². The number of rotatable bonds is 10. The number of imide groups is 1. The van der Waals surface area contributed by atoms with Crippen molar-refractivity contribution < 1.29 is 32.2 Å². The molecule has 0 spiro atoms. The number of nitrogens with zero attached hydrogens (tertiary/aromatic N) is 3. The maximum Gasteiger partial charge on any atom is 0.418 e. The van der Waals surface area contributed by atoms with Gasteiger partial charge in [0.05, 0.1) is 25.3 Å². The van der Waals surface area contributed by atoms with Crippen LogP contribution in [0.15, 0.2) is 59.5 Å². The number of nitrogens with one attached hydrogen (secondary N) is 2. The number of aryl methyl sites for hydroxylation is 1. The number of methoxy groups -OCH3 is 2. The Bertz CT molecular complexity index is 2220. The van der Waals surface area contributed by atoms with Gasteiger partial charge in [-0.3, -0.25) is 24.6 Å². The molecule has 3 aliphatic rings. The number of ether oxygens (including phenoxy) is 2. The van der Waals surface area contributed by atoms with Crippen LogP contribution in [0, 0.1) is 19.8 Å². The van der Waals surface area contributed by atoms with Crippen molar-refractivity contribution in [1.82, 2.24) is 14.8 Å². The second kappa shape index (κ2) is 16.3. The molecule has 13 heteroatoms. The summed E-state index contributed by atoms with van der Waals surface area (Å²) >= 11 is 0. The van der Waals surface area contributed by atoms with Crippen LogP contribution in [0.3, 0.4) is 0 Å². The third-order valence-corrected chi connectivity index (χ3v) is 12.0. The number of benzene rings is 3. The summed E-state index contributed by atoms with van der Waals surface area (Å²) in [5.74, 6) is 0.887. The van der Waals surface area contributed by atoms with Crippen molar-refractivity contribution >= 4 is 23.2 Å². The van der Waals surface area contributed by atoms with Crippen LogP contribution in [-0.4, -0.2) is 61.2 Å². The summed E-state index contributed by atoms with van der Waals surface area (Å²) in [4.78, 5) is 40.5. The summed E-state index contributed by atoms with van der Waals surface area (Å²) in [5.41, 5.74) is 8.01. The number of alkyl halides is 3. The van der Waals surface area contributed by atoms with Crippen LogP contribution in [0.5, 0.6) is 11.5 Å². The lowest BCUT2D eigenvalue weighted by molar-refractivity contribution is -0.137. The van der Waals surface area contributed by atoms with E-state index in [0.717, 1.165) is 78.6 Å². The van der Waals surface area contributed by atoms with E-state index in [0.29, 0.717) is 31.1 Å².